The van der Waals surface area contributed by atoms with Crippen molar-refractivity contribution in [1.29, 1.82) is 0 Å². The van der Waals surface area contributed by atoms with E-state index in [9.17, 15) is 5.11 Å². The molecule has 0 saturated carbocycles. The van der Waals surface area contributed by atoms with Gasteiger partial charge in [0.05, 0.1) is 6.20 Å². The molecule has 25 heavy (non-hydrogen) atoms. The largest absolute Gasteiger partial charge is 0.508 e. The summed E-state index contributed by atoms with van der Waals surface area (Å²) in [5, 5.41) is 13.3. The lowest BCUT2D eigenvalue weighted by Crippen LogP contribution is -1.86. The van der Waals surface area contributed by atoms with Gasteiger partial charge in [0, 0.05) is 17.3 Å². The Morgan fingerprint density at radius 3 is 2.32 bits per heavy atom. The number of ether oxygens (including phenoxy) is 1. The van der Waals surface area contributed by atoms with Crippen LogP contribution in [0.1, 0.15) is 0 Å². The molecule has 2 aromatic carbocycles. The first kappa shape index (κ1) is 14.9. The van der Waals surface area contributed by atoms with Crippen LogP contribution in [0.5, 0.6) is 17.2 Å². The van der Waals surface area contributed by atoms with Gasteiger partial charge in [-0.3, -0.25) is 4.98 Å². The molecule has 0 amide bonds. The summed E-state index contributed by atoms with van der Waals surface area (Å²) in [6.07, 6.45) is 3.34. The van der Waals surface area contributed by atoms with E-state index in [0.717, 1.165) is 11.1 Å². The Labute approximate surface area is 143 Å². The van der Waals surface area contributed by atoms with Crippen LogP contribution in [0.2, 0.25) is 0 Å². The third-order valence-electron chi connectivity index (χ3n) is 3.52. The molecule has 0 saturated heterocycles. The first-order valence-electron chi connectivity index (χ1n) is 7.59. The highest BCUT2D eigenvalue weighted by Crippen LogP contribution is 2.26. The number of hydrogen-bond acceptors (Lipinski definition) is 6. The maximum Gasteiger partial charge on any atom is 0.258 e. The minimum atomic E-state index is 0.188. The van der Waals surface area contributed by atoms with Gasteiger partial charge in [-0.15, -0.1) is 0 Å². The highest BCUT2D eigenvalue weighted by Gasteiger charge is 2.11. The molecule has 4 rings (SSSR count). The van der Waals surface area contributed by atoms with E-state index >= 15 is 0 Å². The van der Waals surface area contributed by atoms with Gasteiger partial charge in [0.15, 0.2) is 0 Å². The van der Waals surface area contributed by atoms with E-state index in [2.05, 4.69) is 15.1 Å². The fraction of sp³-hybridized carbons (Fsp3) is 0. The van der Waals surface area contributed by atoms with Crippen molar-refractivity contribution in [3.05, 3.63) is 73.1 Å². The molecule has 0 spiro atoms. The number of aromatic nitrogens is 3. The summed E-state index contributed by atoms with van der Waals surface area (Å²) in [4.78, 5) is 8.39. The van der Waals surface area contributed by atoms with Crippen LogP contribution >= 0.6 is 0 Å². The van der Waals surface area contributed by atoms with E-state index in [-0.39, 0.29) is 5.75 Å². The number of nitrogens with zero attached hydrogens (tertiary/aromatic N) is 3. The Hall–Kier alpha value is -3.67. The molecule has 122 valence electrons. The Morgan fingerprint density at radius 2 is 1.60 bits per heavy atom. The number of aromatic hydroxyl groups is 1. The molecule has 1 N–H and O–H groups in total. The van der Waals surface area contributed by atoms with Crippen molar-refractivity contribution < 1.29 is 14.4 Å². The molecular formula is C19H13N3O3. The summed E-state index contributed by atoms with van der Waals surface area (Å²) >= 11 is 0. The first-order valence-corrected chi connectivity index (χ1v) is 7.59. The Kier molecular flexibility index (Phi) is 3.84. The van der Waals surface area contributed by atoms with Crippen LogP contribution < -0.4 is 4.74 Å². The molecule has 6 nitrogen and oxygen atoms in total. The Bertz CT molecular complexity index is 965. The van der Waals surface area contributed by atoms with Crippen LogP contribution in [-0.4, -0.2) is 20.2 Å². The van der Waals surface area contributed by atoms with Crippen molar-refractivity contribution in [2.45, 2.75) is 0 Å². The number of hydrogen-bond donors (Lipinski definition) is 1. The van der Waals surface area contributed by atoms with Crippen LogP contribution in [0, 0.1) is 0 Å². The Balaban J connectivity index is 1.53. The maximum atomic E-state index is 9.34. The van der Waals surface area contributed by atoms with Crippen molar-refractivity contribution >= 4 is 0 Å². The van der Waals surface area contributed by atoms with Gasteiger partial charge in [0.2, 0.25) is 5.82 Å². The second-order valence-corrected chi connectivity index (χ2v) is 5.29. The zero-order valence-corrected chi connectivity index (χ0v) is 13.0. The monoisotopic (exact) mass is 331 g/mol. The SMILES string of the molecule is Oc1ccc(-c2nc(-c3ccc(Oc4cccnc4)cc3)no2)cc1. The highest BCUT2D eigenvalue weighted by atomic mass is 16.5. The molecule has 0 aliphatic carbocycles. The average Bonchev–Trinajstić information content (AvgIpc) is 3.14. The lowest BCUT2D eigenvalue weighted by molar-refractivity contribution is 0.432. The average molecular weight is 331 g/mol. The molecule has 0 unspecified atom stereocenters. The number of pyridine rings is 1. The predicted octanol–water partition coefficient (Wildman–Crippen LogP) is 4.30. The standard InChI is InChI=1S/C19H13N3O3/c23-15-7-3-14(4-8-15)19-21-18(22-25-19)13-5-9-16(10-6-13)24-17-2-1-11-20-12-17/h1-12,23H. The van der Waals surface area contributed by atoms with Crippen molar-refractivity contribution in [3.8, 4) is 40.1 Å². The summed E-state index contributed by atoms with van der Waals surface area (Å²) in [7, 11) is 0. The molecule has 0 bridgehead atoms. The molecule has 2 heterocycles. The van der Waals surface area contributed by atoms with Crippen molar-refractivity contribution in [2.75, 3.05) is 0 Å². The van der Waals surface area contributed by atoms with E-state index in [4.69, 9.17) is 9.26 Å². The van der Waals surface area contributed by atoms with E-state index in [0.29, 0.717) is 23.2 Å². The minimum Gasteiger partial charge on any atom is -0.508 e. The quantitative estimate of drug-likeness (QED) is 0.600. The van der Waals surface area contributed by atoms with Gasteiger partial charge in [-0.05, 0) is 60.7 Å². The number of phenols is 1. The van der Waals surface area contributed by atoms with Crippen LogP contribution in [0.25, 0.3) is 22.8 Å². The zero-order chi connectivity index (χ0) is 17.1. The van der Waals surface area contributed by atoms with Crippen molar-refractivity contribution in [1.82, 2.24) is 15.1 Å². The molecule has 0 radical (unpaired) electrons. The van der Waals surface area contributed by atoms with Gasteiger partial charge in [-0.25, -0.2) is 0 Å². The van der Waals surface area contributed by atoms with Gasteiger partial charge in [-0.2, -0.15) is 4.98 Å². The molecule has 0 aliphatic heterocycles. The summed E-state index contributed by atoms with van der Waals surface area (Å²) in [6, 6.07) is 17.6. The Morgan fingerprint density at radius 1 is 0.840 bits per heavy atom. The number of phenolic OH excluding ortho intramolecular Hbond substituents is 1. The normalized spacial score (nSPS) is 10.6. The van der Waals surface area contributed by atoms with Gasteiger partial charge < -0.3 is 14.4 Å². The van der Waals surface area contributed by atoms with Gasteiger partial charge in [0.25, 0.3) is 5.89 Å². The first-order chi connectivity index (χ1) is 12.3. The van der Waals surface area contributed by atoms with E-state index in [1.165, 1.54) is 0 Å². The number of benzene rings is 2. The van der Waals surface area contributed by atoms with Gasteiger partial charge in [0.1, 0.15) is 17.2 Å². The summed E-state index contributed by atoms with van der Waals surface area (Å²) < 4.78 is 11.0. The maximum absolute atomic E-state index is 9.34. The second kappa shape index (κ2) is 6.45. The molecule has 0 aliphatic rings. The molecule has 2 aromatic heterocycles. The molecule has 0 atom stereocenters. The molecule has 4 aromatic rings. The minimum absolute atomic E-state index is 0.188. The summed E-state index contributed by atoms with van der Waals surface area (Å²) in [5.74, 6) is 2.43. The third kappa shape index (κ3) is 3.32. The molecule has 0 fully saturated rings. The van der Waals surface area contributed by atoms with Gasteiger partial charge in [-0.1, -0.05) is 5.16 Å². The van der Waals surface area contributed by atoms with Crippen LogP contribution in [0.3, 0.4) is 0 Å². The third-order valence-corrected chi connectivity index (χ3v) is 3.52. The smallest absolute Gasteiger partial charge is 0.258 e. The number of rotatable bonds is 4. The van der Waals surface area contributed by atoms with Crippen LogP contribution in [0.15, 0.2) is 77.6 Å². The topological polar surface area (TPSA) is 81.3 Å². The highest BCUT2D eigenvalue weighted by molar-refractivity contribution is 5.61. The van der Waals surface area contributed by atoms with Gasteiger partial charge >= 0.3 is 0 Å². The van der Waals surface area contributed by atoms with Crippen LogP contribution in [0.4, 0.5) is 0 Å². The van der Waals surface area contributed by atoms with E-state index in [1.54, 1.807) is 36.7 Å². The van der Waals surface area contributed by atoms with Crippen molar-refractivity contribution in [2.24, 2.45) is 0 Å². The van der Waals surface area contributed by atoms with E-state index in [1.807, 2.05) is 36.4 Å². The van der Waals surface area contributed by atoms with Crippen LogP contribution in [-0.2, 0) is 0 Å². The van der Waals surface area contributed by atoms with E-state index < -0.39 is 0 Å². The fourth-order valence-corrected chi connectivity index (χ4v) is 2.28. The fourth-order valence-electron chi connectivity index (χ4n) is 2.28. The lowest BCUT2D eigenvalue weighted by Gasteiger charge is -2.04. The molecule has 6 heteroatoms. The summed E-state index contributed by atoms with van der Waals surface area (Å²) in [5.41, 5.74) is 1.56. The lowest BCUT2D eigenvalue weighted by atomic mass is 10.2. The second-order valence-electron chi connectivity index (χ2n) is 5.29. The predicted molar refractivity (Wildman–Crippen MR) is 91.1 cm³/mol. The van der Waals surface area contributed by atoms with Crippen molar-refractivity contribution in [3.63, 3.8) is 0 Å². The zero-order valence-electron chi connectivity index (χ0n) is 13.0. The molecular weight excluding hydrogens is 318 g/mol. The summed E-state index contributed by atoms with van der Waals surface area (Å²) in [6.45, 7) is 0.